The fraction of sp³-hybridized carbons (Fsp3) is 0.368. The smallest absolute Gasteiger partial charge is 0.339 e. The molecule has 1 aromatic heterocycles. The molecular formula is C19H22N2O3S. The van der Waals surface area contributed by atoms with Crippen molar-refractivity contribution in [1.82, 2.24) is 4.90 Å². The van der Waals surface area contributed by atoms with Gasteiger partial charge >= 0.3 is 5.97 Å². The second-order valence-electron chi connectivity index (χ2n) is 6.39. The Kier molecular flexibility index (Phi) is 5.50. The van der Waals surface area contributed by atoms with Crippen molar-refractivity contribution < 1.29 is 14.7 Å². The molecule has 1 aliphatic heterocycles. The lowest BCUT2D eigenvalue weighted by Crippen LogP contribution is -2.42. The number of rotatable bonds is 5. The minimum Gasteiger partial charge on any atom is -0.478 e. The fourth-order valence-corrected chi connectivity index (χ4v) is 4.21. The van der Waals surface area contributed by atoms with E-state index in [4.69, 9.17) is 0 Å². The molecule has 0 radical (unpaired) electrons. The van der Waals surface area contributed by atoms with Crippen LogP contribution < -0.4 is 5.32 Å². The lowest BCUT2D eigenvalue weighted by Gasteiger charge is -2.32. The predicted octanol–water partition coefficient (Wildman–Crippen LogP) is 3.93. The van der Waals surface area contributed by atoms with Crippen LogP contribution in [0.25, 0.3) is 11.1 Å². The highest BCUT2D eigenvalue weighted by molar-refractivity contribution is 7.15. The van der Waals surface area contributed by atoms with Gasteiger partial charge in [-0.05, 0) is 31.9 Å². The van der Waals surface area contributed by atoms with Crippen LogP contribution in [-0.4, -0.2) is 41.0 Å². The summed E-state index contributed by atoms with van der Waals surface area (Å²) in [6.45, 7) is 3.35. The Bertz CT molecular complexity index is 757. The number of carbonyl (C=O) groups is 2. The van der Waals surface area contributed by atoms with E-state index in [1.807, 2.05) is 30.3 Å². The number of thiophene rings is 1. The van der Waals surface area contributed by atoms with Crippen LogP contribution in [-0.2, 0) is 4.79 Å². The first-order valence-electron chi connectivity index (χ1n) is 8.50. The van der Waals surface area contributed by atoms with E-state index in [-0.39, 0.29) is 11.5 Å². The summed E-state index contributed by atoms with van der Waals surface area (Å²) in [5.41, 5.74) is 1.64. The highest BCUT2D eigenvalue weighted by Crippen LogP contribution is 2.35. The van der Waals surface area contributed by atoms with Crippen LogP contribution in [0.3, 0.4) is 0 Å². The van der Waals surface area contributed by atoms with Crippen LogP contribution >= 0.6 is 11.3 Å². The number of carboxylic acid groups (broad SMARTS) is 1. The monoisotopic (exact) mass is 358 g/mol. The summed E-state index contributed by atoms with van der Waals surface area (Å²) >= 11 is 1.26. The SMILES string of the molecule is CC1CCCCN1CC(=O)Nc1scc(-c2ccccc2)c1C(=O)O. The fourth-order valence-electron chi connectivity index (χ4n) is 3.24. The average molecular weight is 358 g/mol. The molecule has 2 heterocycles. The maximum atomic E-state index is 12.4. The number of carboxylic acids is 1. The van der Waals surface area contributed by atoms with Crippen molar-refractivity contribution in [3.8, 4) is 11.1 Å². The van der Waals surface area contributed by atoms with E-state index in [0.29, 0.717) is 23.2 Å². The molecule has 0 saturated carbocycles. The molecule has 6 heteroatoms. The van der Waals surface area contributed by atoms with Gasteiger partial charge in [-0.15, -0.1) is 11.3 Å². The number of nitrogens with one attached hydrogen (secondary N) is 1. The highest BCUT2D eigenvalue weighted by atomic mass is 32.1. The molecule has 2 N–H and O–H groups in total. The van der Waals surface area contributed by atoms with Crippen LogP contribution in [0.4, 0.5) is 5.00 Å². The van der Waals surface area contributed by atoms with Gasteiger partial charge in [0.1, 0.15) is 10.6 Å². The zero-order chi connectivity index (χ0) is 17.8. The predicted molar refractivity (Wildman–Crippen MR) is 100 cm³/mol. The zero-order valence-corrected chi connectivity index (χ0v) is 15.0. The van der Waals surface area contributed by atoms with Gasteiger partial charge in [0, 0.05) is 17.0 Å². The van der Waals surface area contributed by atoms with Crippen LogP contribution in [0.15, 0.2) is 35.7 Å². The number of carbonyl (C=O) groups excluding carboxylic acids is 1. The molecule has 1 saturated heterocycles. The minimum atomic E-state index is -1.03. The third-order valence-corrected chi connectivity index (χ3v) is 5.53. The zero-order valence-electron chi connectivity index (χ0n) is 14.2. The third kappa shape index (κ3) is 4.08. The Morgan fingerprint density at radius 1 is 1.28 bits per heavy atom. The summed E-state index contributed by atoms with van der Waals surface area (Å²) in [6.07, 6.45) is 3.41. The molecule has 3 rings (SSSR count). The van der Waals surface area contributed by atoms with Gasteiger partial charge < -0.3 is 10.4 Å². The molecule has 1 amide bonds. The van der Waals surface area contributed by atoms with Crippen molar-refractivity contribution in [3.63, 3.8) is 0 Å². The molecule has 1 atom stereocenters. The van der Waals surface area contributed by atoms with E-state index in [1.165, 1.54) is 17.8 Å². The largest absolute Gasteiger partial charge is 0.478 e. The molecule has 2 aromatic rings. The van der Waals surface area contributed by atoms with Gasteiger partial charge in [0.15, 0.2) is 0 Å². The van der Waals surface area contributed by atoms with Gasteiger partial charge in [0.05, 0.1) is 6.54 Å². The summed E-state index contributed by atoms with van der Waals surface area (Å²) in [4.78, 5) is 26.3. The Morgan fingerprint density at radius 2 is 2.04 bits per heavy atom. The Morgan fingerprint density at radius 3 is 2.72 bits per heavy atom. The summed E-state index contributed by atoms with van der Waals surface area (Å²) in [6, 6.07) is 9.76. The van der Waals surface area contributed by atoms with E-state index in [2.05, 4.69) is 17.1 Å². The van der Waals surface area contributed by atoms with Gasteiger partial charge in [-0.1, -0.05) is 36.8 Å². The quantitative estimate of drug-likeness (QED) is 0.850. The van der Waals surface area contributed by atoms with Crippen molar-refractivity contribution in [3.05, 3.63) is 41.3 Å². The van der Waals surface area contributed by atoms with E-state index < -0.39 is 5.97 Å². The Hall–Kier alpha value is -2.18. The van der Waals surface area contributed by atoms with Crippen molar-refractivity contribution >= 4 is 28.2 Å². The number of benzene rings is 1. The van der Waals surface area contributed by atoms with Crippen LogP contribution in [0.1, 0.15) is 36.5 Å². The van der Waals surface area contributed by atoms with Gasteiger partial charge in [0.2, 0.25) is 5.91 Å². The Balaban J connectivity index is 1.77. The van der Waals surface area contributed by atoms with Crippen molar-refractivity contribution in [1.29, 1.82) is 0 Å². The third-order valence-electron chi connectivity index (χ3n) is 4.63. The topological polar surface area (TPSA) is 69.6 Å². The van der Waals surface area contributed by atoms with E-state index in [9.17, 15) is 14.7 Å². The summed E-state index contributed by atoms with van der Waals surface area (Å²) in [5, 5.41) is 14.6. The number of amides is 1. The molecule has 132 valence electrons. The van der Waals surface area contributed by atoms with Crippen LogP contribution in [0.5, 0.6) is 0 Å². The Labute approximate surface area is 151 Å². The molecule has 0 aliphatic carbocycles. The molecule has 1 aliphatic rings. The van der Waals surface area contributed by atoms with Gasteiger partial charge in [-0.2, -0.15) is 0 Å². The normalized spacial score (nSPS) is 18.0. The number of hydrogen-bond donors (Lipinski definition) is 2. The lowest BCUT2D eigenvalue weighted by atomic mass is 10.0. The molecule has 1 aromatic carbocycles. The van der Waals surface area contributed by atoms with Crippen LogP contribution in [0.2, 0.25) is 0 Å². The maximum Gasteiger partial charge on any atom is 0.339 e. The standard InChI is InChI=1S/C19H22N2O3S/c1-13-7-5-6-10-21(13)11-16(22)20-18-17(19(23)24)15(12-25-18)14-8-3-2-4-9-14/h2-4,8-9,12-13H,5-7,10-11H2,1H3,(H,20,22)(H,23,24). The molecular weight excluding hydrogens is 336 g/mol. The first-order chi connectivity index (χ1) is 12.1. The molecule has 0 bridgehead atoms. The van der Waals surface area contributed by atoms with Gasteiger partial charge in [-0.25, -0.2) is 4.79 Å². The molecule has 1 fully saturated rings. The minimum absolute atomic E-state index is 0.155. The number of aromatic carboxylic acids is 1. The molecule has 0 spiro atoms. The number of hydrogen-bond acceptors (Lipinski definition) is 4. The second kappa shape index (κ2) is 7.80. The van der Waals surface area contributed by atoms with E-state index in [0.717, 1.165) is 24.9 Å². The maximum absolute atomic E-state index is 12.4. The van der Waals surface area contributed by atoms with Crippen molar-refractivity contribution in [2.45, 2.75) is 32.2 Å². The molecule has 1 unspecified atom stereocenters. The van der Waals surface area contributed by atoms with Crippen LogP contribution in [0, 0.1) is 0 Å². The average Bonchev–Trinajstić information content (AvgIpc) is 3.01. The van der Waals surface area contributed by atoms with E-state index in [1.54, 1.807) is 5.38 Å². The van der Waals surface area contributed by atoms with Gasteiger partial charge in [0.25, 0.3) is 0 Å². The number of likely N-dealkylation sites (tertiary alicyclic amines) is 1. The summed E-state index contributed by atoms with van der Waals surface area (Å²) in [5.74, 6) is -1.18. The first-order valence-corrected chi connectivity index (χ1v) is 9.38. The molecule has 25 heavy (non-hydrogen) atoms. The summed E-state index contributed by atoms with van der Waals surface area (Å²) < 4.78 is 0. The first kappa shape index (κ1) is 17.6. The number of nitrogens with zero attached hydrogens (tertiary/aromatic N) is 1. The number of piperidine rings is 1. The second-order valence-corrected chi connectivity index (χ2v) is 7.27. The van der Waals surface area contributed by atoms with Crippen molar-refractivity contribution in [2.24, 2.45) is 0 Å². The molecule has 5 nitrogen and oxygen atoms in total. The summed E-state index contributed by atoms with van der Waals surface area (Å²) in [7, 11) is 0. The van der Waals surface area contributed by atoms with E-state index >= 15 is 0 Å². The van der Waals surface area contributed by atoms with Gasteiger partial charge in [-0.3, -0.25) is 9.69 Å². The van der Waals surface area contributed by atoms with Crippen molar-refractivity contribution in [2.75, 3.05) is 18.4 Å². The number of anilines is 1. The highest BCUT2D eigenvalue weighted by Gasteiger charge is 2.24. The lowest BCUT2D eigenvalue weighted by molar-refractivity contribution is -0.118.